The lowest BCUT2D eigenvalue weighted by atomic mass is 10.0. The van der Waals surface area contributed by atoms with Crippen LogP contribution in [-0.4, -0.2) is 12.1 Å². The summed E-state index contributed by atoms with van der Waals surface area (Å²) in [6.45, 7) is 0.494. The lowest BCUT2D eigenvalue weighted by Crippen LogP contribution is -2.18. The fraction of sp³-hybridized carbons (Fsp3) is 0.0667. The van der Waals surface area contributed by atoms with Gasteiger partial charge in [-0.2, -0.15) is 0 Å². The van der Waals surface area contributed by atoms with Crippen molar-refractivity contribution in [3.05, 3.63) is 120 Å². The van der Waals surface area contributed by atoms with E-state index in [0.717, 1.165) is 11.1 Å². The highest BCUT2D eigenvalue weighted by molar-refractivity contribution is 6.11. The van der Waals surface area contributed by atoms with Crippen molar-refractivity contribution in [1.82, 2.24) is 0 Å². The number of nitrogens with two attached hydrogens (primary N) is 1. The Morgan fingerprint density at radius 2 is 1.32 bits per heavy atom. The summed E-state index contributed by atoms with van der Waals surface area (Å²) in [5.41, 5.74) is 7.60. The molecular formula is C30H22FNO6. The van der Waals surface area contributed by atoms with Crippen molar-refractivity contribution in [1.29, 1.82) is 0 Å². The third-order valence-corrected chi connectivity index (χ3v) is 5.73. The molecule has 0 radical (unpaired) electrons. The fourth-order valence-electron chi connectivity index (χ4n) is 3.95. The molecule has 2 N–H and O–H groups in total. The van der Waals surface area contributed by atoms with Crippen molar-refractivity contribution in [2.24, 2.45) is 5.73 Å². The number of esters is 1. The van der Waals surface area contributed by atoms with E-state index >= 15 is 0 Å². The Kier molecular flexibility index (Phi) is 7.04. The van der Waals surface area contributed by atoms with Crippen LogP contribution >= 0.6 is 0 Å². The first-order valence-corrected chi connectivity index (χ1v) is 11.7. The molecule has 1 aromatic heterocycles. The normalized spacial score (nSPS) is 10.8. The quantitative estimate of drug-likeness (QED) is 0.185. The van der Waals surface area contributed by atoms with Gasteiger partial charge in [0.2, 0.25) is 0 Å². The lowest BCUT2D eigenvalue weighted by Gasteiger charge is -2.13. The van der Waals surface area contributed by atoms with Crippen molar-refractivity contribution >= 4 is 23.0 Å². The van der Waals surface area contributed by atoms with Gasteiger partial charge in [0.1, 0.15) is 35.9 Å². The molecule has 0 fully saturated rings. The van der Waals surface area contributed by atoms with Crippen molar-refractivity contribution < 1.29 is 32.6 Å². The number of fused-ring (bicyclic) bond motifs is 1. The fourth-order valence-corrected chi connectivity index (χ4v) is 3.95. The Morgan fingerprint density at radius 1 is 0.763 bits per heavy atom. The maximum Gasteiger partial charge on any atom is 0.412 e. The number of carbonyl (C=O) groups is 2. The molecule has 5 rings (SSSR count). The Morgan fingerprint density at radius 3 is 1.87 bits per heavy atom. The van der Waals surface area contributed by atoms with E-state index in [0.29, 0.717) is 22.4 Å². The molecule has 0 spiro atoms. The highest BCUT2D eigenvalue weighted by atomic mass is 19.1. The monoisotopic (exact) mass is 511 g/mol. The maximum atomic E-state index is 13.6. The van der Waals surface area contributed by atoms with Crippen molar-refractivity contribution in [2.75, 3.05) is 0 Å². The number of hydrogen-bond acceptors (Lipinski definition) is 6. The minimum Gasteiger partial charge on any atom is -0.485 e. The third kappa shape index (κ3) is 5.49. The number of hydrogen-bond donors (Lipinski definition) is 1. The molecule has 1 amide bonds. The number of benzene rings is 4. The molecule has 0 aliphatic carbocycles. The molecule has 0 aliphatic heterocycles. The Hall–Kier alpha value is -5.11. The minimum atomic E-state index is -1.27. The van der Waals surface area contributed by atoms with Crippen LogP contribution in [0.5, 0.6) is 11.5 Å². The lowest BCUT2D eigenvalue weighted by molar-refractivity contribution is 0.0640. The molecule has 8 heteroatoms. The second-order valence-electron chi connectivity index (χ2n) is 8.37. The van der Waals surface area contributed by atoms with E-state index in [9.17, 15) is 14.0 Å². The first-order valence-electron chi connectivity index (χ1n) is 11.7. The maximum absolute atomic E-state index is 13.6. The zero-order valence-corrected chi connectivity index (χ0v) is 20.1. The first-order chi connectivity index (χ1) is 18.5. The van der Waals surface area contributed by atoms with E-state index in [-0.39, 0.29) is 30.1 Å². The minimum absolute atomic E-state index is 0.0513. The van der Waals surface area contributed by atoms with Gasteiger partial charge >= 0.3 is 12.1 Å². The van der Waals surface area contributed by atoms with Crippen LogP contribution in [-0.2, 0) is 18.0 Å². The van der Waals surface area contributed by atoms with Crippen LogP contribution in [0.4, 0.5) is 9.18 Å². The van der Waals surface area contributed by atoms with Crippen LogP contribution < -0.4 is 15.2 Å². The summed E-state index contributed by atoms with van der Waals surface area (Å²) in [7, 11) is 0. The average molecular weight is 512 g/mol. The van der Waals surface area contributed by atoms with Crippen LogP contribution in [0.3, 0.4) is 0 Å². The molecule has 1 heterocycles. The zero-order chi connectivity index (χ0) is 26.5. The van der Waals surface area contributed by atoms with Gasteiger partial charge in [0.25, 0.3) is 0 Å². The van der Waals surface area contributed by atoms with Crippen LogP contribution in [0, 0.1) is 5.82 Å². The largest absolute Gasteiger partial charge is 0.485 e. The van der Waals surface area contributed by atoms with E-state index < -0.39 is 17.9 Å². The number of halogens is 1. The molecule has 5 aromatic rings. The molecule has 0 atom stereocenters. The summed E-state index contributed by atoms with van der Waals surface area (Å²) in [5, 5.41) is 0.311. The van der Waals surface area contributed by atoms with Gasteiger partial charge in [0, 0.05) is 17.0 Å². The summed E-state index contributed by atoms with van der Waals surface area (Å²) in [5.74, 6) is -0.661. The highest BCUT2D eigenvalue weighted by Gasteiger charge is 2.27. The Balaban J connectivity index is 1.61. The number of amides is 1. The summed E-state index contributed by atoms with van der Waals surface area (Å²) in [6.07, 6.45) is -1.27. The van der Waals surface area contributed by atoms with Gasteiger partial charge in [0.15, 0.2) is 11.5 Å². The number of rotatable bonds is 8. The number of furan rings is 1. The number of primary amides is 1. The Labute approximate surface area is 217 Å². The predicted octanol–water partition coefficient (Wildman–Crippen LogP) is 6.63. The van der Waals surface area contributed by atoms with Gasteiger partial charge in [-0.25, -0.2) is 14.0 Å². The van der Waals surface area contributed by atoms with Crippen molar-refractivity contribution in [3.8, 4) is 22.8 Å². The molecule has 7 nitrogen and oxygen atoms in total. The molecule has 0 saturated carbocycles. The predicted molar refractivity (Wildman–Crippen MR) is 138 cm³/mol. The second-order valence-corrected chi connectivity index (χ2v) is 8.37. The van der Waals surface area contributed by atoms with Crippen LogP contribution in [0.15, 0.2) is 101 Å². The molecule has 0 aliphatic rings. The summed E-state index contributed by atoms with van der Waals surface area (Å²) in [4.78, 5) is 24.3. The standard InChI is InChI=1S/C30H22FNO6/c31-22-13-11-21(12-14-22)28-27(29(33)38-30(32)34)23-15-25(35-17-19-7-3-1-4-8-19)26(16-24(23)37-28)36-18-20-9-5-2-6-10-20/h1-16H,17-18H2,(H2,32,34). The van der Waals surface area contributed by atoms with E-state index in [1.165, 1.54) is 24.3 Å². The molecule has 4 aromatic carbocycles. The topological polar surface area (TPSA) is 101 Å². The van der Waals surface area contributed by atoms with Gasteiger partial charge in [-0.15, -0.1) is 0 Å². The first kappa shape index (κ1) is 24.6. The van der Waals surface area contributed by atoms with Crippen molar-refractivity contribution in [3.63, 3.8) is 0 Å². The van der Waals surface area contributed by atoms with E-state index in [1.54, 1.807) is 12.1 Å². The molecule has 0 unspecified atom stereocenters. The van der Waals surface area contributed by atoms with E-state index in [2.05, 4.69) is 4.74 Å². The van der Waals surface area contributed by atoms with Crippen LogP contribution in [0.2, 0.25) is 0 Å². The molecule has 38 heavy (non-hydrogen) atoms. The highest BCUT2D eigenvalue weighted by Crippen LogP contribution is 2.41. The van der Waals surface area contributed by atoms with E-state index in [1.807, 2.05) is 60.7 Å². The summed E-state index contributed by atoms with van der Waals surface area (Å²) < 4.78 is 36.5. The van der Waals surface area contributed by atoms with Crippen molar-refractivity contribution in [2.45, 2.75) is 13.2 Å². The molecule has 0 saturated heterocycles. The van der Waals surface area contributed by atoms with Crippen LogP contribution in [0.1, 0.15) is 21.5 Å². The summed E-state index contributed by atoms with van der Waals surface area (Å²) in [6, 6.07) is 27.7. The Bertz CT molecular complexity index is 1580. The van der Waals surface area contributed by atoms with Crippen LogP contribution in [0.25, 0.3) is 22.3 Å². The van der Waals surface area contributed by atoms with Gasteiger partial charge in [-0.05, 0) is 41.5 Å². The zero-order valence-electron chi connectivity index (χ0n) is 20.1. The van der Waals surface area contributed by atoms with E-state index in [4.69, 9.17) is 19.6 Å². The van der Waals surface area contributed by atoms with Gasteiger partial charge < -0.3 is 24.4 Å². The average Bonchev–Trinajstić information content (AvgIpc) is 3.30. The summed E-state index contributed by atoms with van der Waals surface area (Å²) >= 11 is 0. The molecular weight excluding hydrogens is 489 g/mol. The smallest absolute Gasteiger partial charge is 0.412 e. The SMILES string of the molecule is NC(=O)OC(=O)c1c(-c2ccc(F)cc2)oc2cc(OCc3ccccc3)c(OCc3ccccc3)cc12. The van der Waals surface area contributed by atoms with Gasteiger partial charge in [-0.3, -0.25) is 0 Å². The number of ether oxygens (including phenoxy) is 3. The second kappa shape index (κ2) is 10.9. The molecule has 0 bridgehead atoms. The molecule has 190 valence electrons. The van der Waals surface area contributed by atoms with Gasteiger partial charge in [-0.1, -0.05) is 60.7 Å². The van der Waals surface area contributed by atoms with Gasteiger partial charge in [0.05, 0.1) is 0 Å². The number of carbonyl (C=O) groups excluding carboxylic acids is 2. The third-order valence-electron chi connectivity index (χ3n) is 5.73.